The minimum atomic E-state index is -3.72. The lowest BCUT2D eigenvalue weighted by Crippen LogP contribution is -2.32. The topological polar surface area (TPSA) is 110 Å². The molecule has 9 heteroatoms. The number of hydrogen-bond donors (Lipinski definition) is 2. The van der Waals surface area contributed by atoms with Crippen molar-refractivity contribution in [1.29, 1.82) is 0 Å². The van der Waals surface area contributed by atoms with Gasteiger partial charge in [-0.25, -0.2) is 17.8 Å². The third kappa shape index (κ3) is 4.85. The summed E-state index contributed by atoms with van der Waals surface area (Å²) >= 11 is 0. The highest BCUT2D eigenvalue weighted by atomic mass is 32.2. The average Bonchev–Trinajstić information content (AvgIpc) is 3.09. The van der Waals surface area contributed by atoms with Crippen LogP contribution in [-0.2, 0) is 34.2 Å². The fraction of sp³-hybridized carbons (Fsp3) is 0.421. The number of carbonyl (C=O) groups excluding carboxylic acids is 1. The summed E-state index contributed by atoms with van der Waals surface area (Å²) in [5, 5.41) is 7.04. The molecule has 1 aliphatic carbocycles. The van der Waals surface area contributed by atoms with Crippen LogP contribution in [0.3, 0.4) is 0 Å². The van der Waals surface area contributed by atoms with Gasteiger partial charge in [0.2, 0.25) is 15.9 Å². The third-order valence-electron chi connectivity index (χ3n) is 4.57. The number of benzene rings is 1. The molecule has 2 aromatic rings. The van der Waals surface area contributed by atoms with E-state index < -0.39 is 10.0 Å². The minimum absolute atomic E-state index is 0.0585. The summed E-state index contributed by atoms with van der Waals surface area (Å²) < 4.78 is 28.6. The fourth-order valence-electron chi connectivity index (χ4n) is 3.14. The van der Waals surface area contributed by atoms with E-state index in [2.05, 4.69) is 15.1 Å². The van der Waals surface area contributed by atoms with Gasteiger partial charge in [0.1, 0.15) is 0 Å². The quantitative estimate of drug-likeness (QED) is 0.692. The molecule has 1 amide bonds. The van der Waals surface area contributed by atoms with E-state index in [1.54, 1.807) is 18.2 Å². The van der Waals surface area contributed by atoms with Gasteiger partial charge >= 0.3 is 0 Å². The monoisotopic (exact) mass is 404 g/mol. The normalized spacial score (nSPS) is 13.3. The predicted octanol–water partition coefficient (Wildman–Crippen LogP) is 1.45. The Labute approximate surface area is 164 Å². The summed E-state index contributed by atoms with van der Waals surface area (Å²) in [6.07, 6.45) is 3.87. The van der Waals surface area contributed by atoms with Crippen LogP contribution in [0.1, 0.15) is 37.4 Å². The Morgan fingerprint density at radius 3 is 2.68 bits per heavy atom. The number of amides is 1. The van der Waals surface area contributed by atoms with Crippen molar-refractivity contribution < 1.29 is 13.2 Å². The molecule has 0 radical (unpaired) electrons. The Kier molecular flexibility index (Phi) is 6.25. The molecule has 0 unspecified atom stereocenters. The number of aryl methyl sites for hydroxylation is 2. The first-order valence-corrected chi connectivity index (χ1v) is 10.9. The highest BCUT2D eigenvalue weighted by molar-refractivity contribution is 7.89. The summed E-state index contributed by atoms with van der Waals surface area (Å²) in [4.78, 5) is 23.8. The molecule has 0 spiro atoms. The lowest BCUT2D eigenvalue weighted by Gasteiger charge is -2.10. The van der Waals surface area contributed by atoms with Crippen molar-refractivity contribution in [3.63, 3.8) is 0 Å². The van der Waals surface area contributed by atoms with Crippen LogP contribution in [0, 0.1) is 0 Å². The van der Waals surface area contributed by atoms with Gasteiger partial charge in [-0.05, 0) is 55.5 Å². The highest BCUT2D eigenvalue weighted by Gasteiger charge is 2.16. The van der Waals surface area contributed by atoms with Gasteiger partial charge < -0.3 is 5.32 Å². The second-order valence-corrected chi connectivity index (χ2v) is 8.52. The Bertz CT molecular complexity index is 1010. The van der Waals surface area contributed by atoms with Crippen LogP contribution in [0.5, 0.6) is 0 Å². The maximum absolute atomic E-state index is 12.4. The van der Waals surface area contributed by atoms with Crippen molar-refractivity contribution in [2.75, 3.05) is 11.9 Å². The summed E-state index contributed by atoms with van der Waals surface area (Å²) in [7, 11) is -3.72. The molecule has 0 fully saturated rings. The number of sulfonamides is 1. The summed E-state index contributed by atoms with van der Waals surface area (Å²) in [6, 6.07) is 7.56. The third-order valence-corrected chi connectivity index (χ3v) is 6.04. The van der Waals surface area contributed by atoms with E-state index in [4.69, 9.17) is 0 Å². The molecule has 1 aliphatic rings. The number of anilines is 1. The molecular weight excluding hydrogens is 380 g/mol. The van der Waals surface area contributed by atoms with Crippen LogP contribution in [0.2, 0.25) is 0 Å². The van der Waals surface area contributed by atoms with Crippen molar-refractivity contribution in [3.8, 4) is 0 Å². The van der Waals surface area contributed by atoms with E-state index >= 15 is 0 Å². The molecule has 28 heavy (non-hydrogen) atoms. The van der Waals surface area contributed by atoms with Gasteiger partial charge in [0, 0.05) is 24.7 Å². The van der Waals surface area contributed by atoms with Crippen LogP contribution in [0.4, 0.5) is 5.69 Å². The number of fused-ring (bicyclic) bond motifs is 1. The smallest absolute Gasteiger partial charge is 0.267 e. The molecule has 2 N–H and O–H groups in total. The molecule has 0 atom stereocenters. The molecule has 1 heterocycles. The second kappa shape index (κ2) is 8.66. The molecule has 150 valence electrons. The second-order valence-electron chi connectivity index (χ2n) is 6.75. The van der Waals surface area contributed by atoms with Crippen molar-refractivity contribution in [3.05, 3.63) is 51.9 Å². The number of hydrogen-bond acceptors (Lipinski definition) is 5. The number of aromatic nitrogens is 2. The number of carbonyl (C=O) groups is 1. The zero-order valence-corrected chi connectivity index (χ0v) is 16.6. The van der Waals surface area contributed by atoms with Crippen LogP contribution in [-0.4, -0.2) is 30.7 Å². The van der Waals surface area contributed by atoms with Crippen molar-refractivity contribution >= 4 is 21.6 Å². The van der Waals surface area contributed by atoms with Crippen molar-refractivity contribution in [2.24, 2.45) is 0 Å². The highest BCUT2D eigenvalue weighted by Crippen LogP contribution is 2.17. The molecule has 1 aromatic heterocycles. The molecule has 0 aliphatic heterocycles. The SMILES string of the molecule is CCCC(=O)Nc1ccc(S(=O)(=O)NCCn2nc3c(cc2=O)CCC3)cc1. The van der Waals surface area contributed by atoms with E-state index in [1.807, 2.05) is 6.92 Å². The van der Waals surface area contributed by atoms with E-state index in [9.17, 15) is 18.0 Å². The van der Waals surface area contributed by atoms with Gasteiger partial charge in [0.25, 0.3) is 5.56 Å². The van der Waals surface area contributed by atoms with Gasteiger partial charge in [0.05, 0.1) is 17.1 Å². The molecule has 0 bridgehead atoms. The largest absolute Gasteiger partial charge is 0.326 e. The first-order valence-electron chi connectivity index (χ1n) is 9.38. The van der Waals surface area contributed by atoms with Gasteiger partial charge in [-0.15, -0.1) is 0 Å². The molecule has 1 aromatic carbocycles. The lowest BCUT2D eigenvalue weighted by molar-refractivity contribution is -0.116. The van der Waals surface area contributed by atoms with Crippen LogP contribution in [0.15, 0.2) is 40.0 Å². The zero-order valence-electron chi connectivity index (χ0n) is 15.8. The van der Waals surface area contributed by atoms with Crippen LogP contribution >= 0.6 is 0 Å². The van der Waals surface area contributed by atoms with Gasteiger partial charge in [-0.1, -0.05) is 6.92 Å². The van der Waals surface area contributed by atoms with Crippen molar-refractivity contribution in [2.45, 2.75) is 50.5 Å². The van der Waals surface area contributed by atoms with E-state index in [1.165, 1.54) is 16.8 Å². The number of nitrogens with one attached hydrogen (secondary N) is 2. The zero-order chi connectivity index (χ0) is 20.1. The maximum atomic E-state index is 12.4. The molecule has 3 rings (SSSR count). The number of nitrogens with zero attached hydrogens (tertiary/aromatic N) is 2. The first-order chi connectivity index (χ1) is 13.4. The predicted molar refractivity (Wildman–Crippen MR) is 106 cm³/mol. The Morgan fingerprint density at radius 1 is 1.21 bits per heavy atom. The Balaban J connectivity index is 1.60. The molecule has 0 saturated heterocycles. The molecule has 8 nitrogen and oxygen atoms in total. The summed E-state index contributed by atoms with van der Waals surface area (Å²) in [5.41, 5.74) is 2.24. The number of rotatable bonds is 8. The average molecular weight is 404 g/mol. The minimum Gasteiger partial charge on any atom is -0.326 e. The summed E-state index contributed by atoms with van der Waals surface area (Å²) in [6.45, 7) is 2.13. The Hall–Kier alpha value is -2.52. The maximum Gasteiger partial charge on any atom is 0.267 e. The van der Waals surface area contributed by atoms with E-state index in [-0.39, 0.29) is 29.5 Å². The van der Waals surface area contributed by atoms with Crippen LogP contribution in [0.25, 0.3) is 0 Å². The Morgan fingerprint density at radius 2 is 1.96 bits per heavy atom. The fourth-order valence-corrected chi connectivity index (χ4v) is 4.16. The standard InChI is InChI=1S/C19H24N4O4S/c1-2-4-18(24)21-15-7-9-16(10-8-15)28(26,27)20-11-12-23-19(25)13-14-5-3-6-17(14)22-23/h7-10,13,20H,2-6,11-12H2,1H3,(H,21,24). The molecular formula is C19H24N4O4S. The van der Waals surface area contributed by atoms with Crippen LogP contribution < -0.4 is 15.6 Å². The summed E-state index contributed by atoms with van der Waals surface area (Å²) in [5.74, 6) is -0.108. The lowest BCUT2D eigenvalue weighted by atomic mass is 10.2. The van der Waals surface area contributed by atoms with Gasteiger partial charge in [0.15, 0.2) is 0 Å². The van der Waals surface area contributed by atoms with Gasteiger partial charge in [-0.3, -0.25) is 9.59 Å². The van der Waals surface area contributed by atoms with E-state index in [0.29, 0.717) is 12.1 Å². The first kappa shape index (κ1) is 20.2. The van der Waals surface area contributed by atoms with Gasteiger partial charge in [-0.2, -0.15) is 5.10 Å². The molecule has 0 saturated carbocycles. The van der Waals surface area contributed by atoms with Crippen molar-refractivity contribution in [1.82, 2.24) is 14.5 Å². The van der Waals surface area contributed by atoms with E-state index in [0.717, 1.165) is 36.9 Å².